The van der Waals surface area contributed by atoms with E-state index in [0.717, 1.165) is 12.0 Å². The third kappa shape index (κ3) is 4.21. The fourth-order valence-corrected chi connectivity index (χ4v) is 3.01. The maximum atomic E-state index is 12.8. The number of carbonyl (C=O) groups excluding carboxylic acids is 3. The second-order valence-corrected chi connectivity index (χ2v) is 6.23. The van der Waals surface area contributed by atoms with E-state index in [1.165, 1.54) is 10.7 Å². The van der Waals surface area contributed by atoms with Crippen LogP contribution in [0.3, 0.4) is 0 Å². The highest BCUT2D eigenvalue weighted by atomic mass is 16.5. The number of Topliss-reactive ketones (excluding diaryl/α,β-unsaturated/α-hetero) is 1. The minimum absolute atomic E-state index is 0.0227. The number of hydrogen-bond donors (Lipinski definition) is 0. The summed E-state index contributed by atoms with van der Waals surface area (Å²) in [5.74, 6) is -0.876. The summed E-state index contributed by atoms with van der Waals surface area (Å²) in [6.07, 6.45) is 0.626. The summed E-state index contributed by atoms with van der Waals surface area (Å²) >= 11 is 0. The van der Waals surface area contributed by atoms with Crippen molar-refractivity contribution in [1.82, 2.24) is 9.78 Å². The van der Waals surface area contributed by atoms with Crippen molar-refractivity contribution in [3.63, 3.8) is 0 Å². The monoisotopic (exact) mass is 386 g/mol. The molecular formula is C20H22N2O6. The Morgan fingerprint density at radius 3 is 2.61 bits per heavy atom. The number of nitrogens with zero attached hydrogens (tertiary/aromatic N) is 2. The maximum absolute atomic E-state index is 12.8. The third-order valence-corrected chi connectivity index (χ3v) is 4.33. The van der Waals surface area contributed by atoms with Gasteiger partial charge in [0.1, 0.15) is 18.0 Å². The molecule has 0 N–H and O–H groups in total. The van der Waals surface area contributed by atoms with Crippen LogP contribution in [0.2, 0.25) is 0 Å². The molecule has 1 aliphatic rings. The normalized spacial score (nSPS) is 15.3. The Kier molecular flexibility index (Phi) is 6.08. The Morgan fingerprint density at radius 1 is 1.14 bits per heavy atom. The van der Waals surface area contributed by atoms with Crippen molar-refractivity contribution in [3.05, 3.63) is 47.3 Å². The van der Waals surface area contributed by atoms with Crippen molar-refractivity contribution < 1.29 is 28.6 Å². The number of aryl methyl sites for hydroxylation is 1. The fourth-order valence-electron chi connectivity index (χ4n) is 3.01. The molecular weight excluding hydrogens is 364 g/mol. The van der Waals surface area contributed by atoms with Crippen LogP contribution in [0.25, 0.3) is 0 Å². The van der Waals surface area contributed by atoms with Crippen LogP contribution < -0.4 is 4.74 Å². The number of carbonyl (C=O) groups is 3. The number of fused-ring (bicyclic) bond motifs is 1. The van der Waals surface area contributed by atoms with Crippen LogP contribution in [0.4, 0.5) is 0 Å². The summed E-state index contributed by atoms with van der Waals surface area (Å²) in [6, 6.07) is 8.85. The standard InChI is InChI=1S/C20H22N2O6/c1-3-26-19(24)14-11-15(20(25)27-4-2)22(21-14)12-16(23)18-10-9-13-7-5-6-8-17(13)28-18/h5-8,11,18H,3-4,9-10,12H2,1-2H3. The van der Waals surface area contributed by atoms with Gasteiger partial charge in [-0.25, -0.2) is 14.3 Å². The smallest absolute Gasteiger partial charge is 0.358 e. The minimum atomic E-state index is -0.665. The molecule has 0 amide bonds. The molecule has 8 nitrogen and oxygen atoms in total. The molecule has 8 heteroatoms. The van der Waals surface area contributed by atoms with Gasteiger partial charge in [0.05, 0.1) is 13.2 Å². The number of para-hydroxylation sites is 1. The van der Waals surface area contributed by atoms with Crippen molar-refractivity contribution in [2.75, 3.05) is 13.2 Å². The van der Waals surface area contributed by atoms with Gasteiger partial charge < -0.3 is 14.2 Å². The maximum Gasteiger partial charge on any atom is 0.358 e. The zero-order valence-corrected chi connectivity index (χ0v) is 15.8. The molecule has 0 aliphatic carbocycles. The van der Waals surface area contributed by atoms with Gasteiger partial charge in [-0.1, -0.05) is 18.2 Å². The van der Waals surface area contributed by atoms with E-state index in [9.17, 15) is 14.4 Å². The van der Waals surface area contributed by atoms with Crippen molar-refractivity contribution in [2.45, 2.75) is 39.3 Å². The van der Waals surface area contributed by atoms with E-state index >= 15 is 0 Å². The molecule has 1 unspecified atom stereocenters. The van der Waals surface area contributed by atoms with Crippen LogP contribution in [0.1, 0.15) is 46.8 Å². The van der Waals surface area contributed by atoms with E-state index in [-0.39, 0.29) is 36.9 Å². The Balaban J connectivity index is 1.79. The molecule has 0 bridgehead atoms. The summed E-state index contributed by atoms with van der Waals surface area (Å²) in [5.41, 5.74) is 1.03. The van der Waals surface area contributed by atoms with Crippen LogP contribution in [-0.4, -0.2) is 46.8 Å². The summed E-state index contributed by atoms with van der Waals surface area (Å²) in [5, 5.41) is 4.08. The molecule has 1 aliphatic heterocycles. The highest BCUT2D eigenvalue weighted by Gasteiger charge is 2.28. The lowest BCUT2D eigenvalue weighted by atomic mass is 10.00. The number of benzene rings is 1. The molecule has 148 valence electrons. The van der Waals surface area contributed by atoms with Gasteiger partial charge in [0, 0.05) is 6.07 Å². The first-order valence-corrected chi connectivity index (χ1v) is 9.22. The van der Waals surface area contributed by atoms with Gasteiger partial charge >= 0.3 is 11.9 Å². The Morgan fingerprint density at radius 2 is 1.86 bits per heavy atom. The Hall–Kier alpha value is -3.16. The van der Waals surface area contributed by atoms with Gasteiger partial charge in [-0.05, 0) is 38.3 Å². The lowest BCUT2D eigenvalue weighted by Crippen LogP contribution is -2.34. The highest BCUT2D eigenvalue weighted by molar-refractivity contribution is 5.94. The van der Waals surface area contributed by atoms with E-state index < -0.39 is 18.0 Å². The van der Waals surface area contributed by atoms with E-state index in [1.54, 1.807) is 13.8 Å². The first kappa shape index (κ1) is 19.6. The van der Waals surface area contributed by atoms with E-state index in [1.807, 2.05) is 24.3 Å². The molecule has 0 fully saturated rings. The van der Waals surface area contributed by atoms with Gasteiger partial charge in [-0.2, -0.15) is 5.10 Å². The largest absolute Gasteiger partial charge is 0.482 e. The number of aromatic nitrogens is 2. The quantitative estimate of drug-likeness (QED) is 0.673. The van der Waals surface area contributed by atoms with Crippen LogP contribution in [-0.2, 0) is 27.2 Å². The summed E-state index contributed by atoms with van der Waals surface area (Å²) < 4.78 is 16.9. The third-order valence-electron chi connectivity index (χ3n) is 4.33. The Bertz CT molecular complexity index is 889. The molecule has 2 heterocycles. The van der Waals surface area contributed by atoms with E-state index in [0.29, 0.717) is 12.2 Å². The zero-order valence-electron chi connectivity index (χ0n) is 15.8. The number of ether oxygens (including phenoxy) is 3. The fraction of sp³-hybridized carbons (Fsp3) is 0.400. The molecule has 28 heavy (non-hydrogen) atoms. The molecule has 1 atom stereocenters. The molecule has 0 radical (unpaired) electrons. The molecule has 1 aromatic heterocycles. The van der Waals surface area contributed by atoms with Gasteiger partial charge in [-0.15, -0.1) is 0 Å². The lowest BCUT2D eigenvalue weighted by molar-refractivity contribution is -0.127. The van der Waals surface area contributed by atoms with Gasteiger partial charge in [-0.3, -0.25) is 4.79 Å². The van der Waals surface area contributed by atoms with Gasteiger partial charge in [0.15, 0.2) is 17.6 Å². The molecule has 3 rings (SSSR count). The molecule has 0 spiro atoms. The molecule has 0 saturated heterocycles. The van der Waals surface area contributed by atoms with E-state index in [4.69, 9.17) is 14.2 Å². The topological polar surface area (TPSA) is 96.7 Å². The van der Waals surface area contributed by atoms with Crippen molar-refractivity contribution >= 4 is 17.7 Å². The van der Waals surface area contributed by atoms with Gasteiger partial charge in [0.2, 0.25) is 0 Å². The number of hydrogen-bond acceptors (Lipinski definition) is 7. The molecule has 0 saturated carbocycles. The second kappa shape index (κ2) is 8.69. The first-order valence-electron chi connectivity index (χ1n) is 9.22. The predicted molar refractivity (Wildman–Crippen MR) is 98.3 cm³/mol. The SMILES string of the molecule is CCOC(=O)c1cc(C(=O)OCC)n(CC(=O)C2CCc3ccccc3O2)n1. The number of esters is 2. The number of rotatable bonds is 7. The highest BCUT2D eigenvalue weighted by Crippen LogP contribution is 2.27. The predicted octanol–water partition coefficient (Wildman–Crippen LogP) is 2.20. The van der Waals surface area contributed by atoms with Crippen LogP contribution in [0, 0.1) is 0 Å². The minimum Gasteiger partial charge on any atom is -0.482 e. The van der Waals surface area contributed by atoms with Crippen LogP contribution >= 0.6 is 0 Å². The lowest BCUT2D eigenvalue weighted by Gasteiger charge is -2.25. The summed E-state index contributed by atoms with van der Waals surface area (Å²) in [4.78, 5) is 36.9. The van der Waals surface area contributed by atoms with Crippen molar-refractivity contribution in [1.29, 1.82) is 0 Å². The van der Waals surface area contributed by atoms with Gasteiger partial charge in [0.25, 0.3) is 0 Å². The summed E-state index contributed by atoms with van der Waals surface area (Å²) in [7, 11) is 0. The number of ketones is 1. The Labute approximate surface area is 162 Å². The van der Waals surface area contributed by atoms with Crippen LogP contribution in [0.15, 0.2) is 30.3 Å². The second-order valence-electron chi connectivity index (χ2n) is 6.23. The summed E-state index contributed by atoms with van der Waals surface area (Å²) in [6.45, 7) is 3.47. The first-order chi connectivity index (χ1) is 13.5. The zero-order chi connectivity index (χ0) is 20.1. The molecule has 1 aromatic carbocycles. The van der Waals surface area contributed by atoms with Crippen molar-refractivity contribution in [3.8, 4) is 5.75 Å². The average Bonchev–Trinajstić information content (AvgIpc) is 3.12. The molecule has 2 aromatic rings. The van der Waals surface area contributed by atoms with Crippen molar-refractivity contribution in [2.24, 2.45) is 0 Å². The van der Waals surface area contributed by atoms with E-state index in [2.05, 4.69) is 5.10 Å². The average molecular weight is 386 g/mol. The van der Waals surface area contributed by atoms with Crippen LogP contribution in [0.5, 0.6) is 5.75 Å².